The van der Waals surface area contributed by atoms with Crippen molar-refractivity contribution in [3.05, 3.63) is 35.9 Å². The third kappa shape index (κ3) is 10.1. The summed E-state index contributed by atoms with van der Waals surface area (Å²) in [5.41, 5.74) is 1.43. The Labute approximate surface area is 135 Å². The van der Waals surface area contributed by atoms with Gasteiger partial charge in [0.15, 0.2) is 0 Å². The van der Waals surface area contributed by atoms with Crippen LogP contribution in [0.25, 0.3) is 0 Å². The molecule has 0 N–H and O–H groups in total. The van der Waals surface area contributed by atoms with Crippen molar-refractivity contribution in [1.82, 2.24) is 0 Å². The van der Waals surface area contributed by atoms with Crippen molar-refractivity contribution in [3.63, 3.8) is 0 Å². The van der Waals surface area contributed by atoms with Gasteiger partial charge in [-0.15, -0.1) is 0 Å². The summed E-state index contributed by atoms with van der Waals surface area (Å²) in [6, 6.07) is 10.6. The molecule has 88 valence electrons. The molecule has 0 fully saturated rings. The van der Waals surface area contributed by atoms with Crippen LogP contribution in [0.3, 0.4) is 0 Å². The van der Waals surface area contributed by atoms with Crippen LogP contribution in [0.5, 0.6) is 0 Å². The van der Waals surface area contributed by atoms with Crippen LogP contribution in [-0.2, 0) is 6.42 Å². The molecule has 0 heterocycles. The van der Waals surface area contributed by atoms with Gasteiger partial charge < -0.3 is 0 Å². The second-order valence-corrected chi connectivity index (χ2v) is 5.08. The molecule has 0 atom stereocenters. The first-order valence-electron chi connectivity index (χ1n) is 6.03. The normalized spacial score (nSPS) is 9.65. The van der Waals surface area contributed by atoms with Crippen LogP contribution in [0.4, 0.5) is 0 Å². The van der Waals surface area contributed by atoms with E-state index in [1.807, 2.05) is 0 Å². The minimum atomic E-state index is 0. The molecule has 0 bridgehead atoms. The van der Waals surface area contributed by atoms with E-state index in [1.54, 1.807) is 0 Å². The zero-order valence-electron chi connectivity index (χ0n) is 10.7. The van der Waals surface area contributed by atoms with Crippen LogP contribution in [0, 0.1) is 0 Å². The Kier molecular flexibility index (Phi) is 11.8. The molecule has 0 radical (unpaired) electrons. The van der Waals surface area contributed by atoms with E-state index in [0.717, 1.165) is 6.42 Å². The molecule has 3 heteroatoms. The van der Waals surface area contributed by atoms with Crippen molar-refractivity contribution >= 4 is 20.2 Å². The van der Waals surface area contributed by atoms with E-state index in [-0.39, 0.29) is 34.2 Å². The van der Waals surface area contributed by atoms with Gasteiger partial charge in [-0.1, -0.05) is 0 Å². The molecule has 0 saturated carbocycles. The first-order chi connectivity index (χ1) is 7.79. The van der Waals surface area contributed by atoms with Gasteiger partial charge in [-0.25, -0.2) is 0 Å². The molecule has 0 aliphatic carbocycles. The molecule has 0 aliphatic heterocycles. The topological polar surface area (TPSA) is 23.1 Å². The fraction of sp³-hybridized carbons (Fsp3) is 0.500. The van der Waals surface area contributed by atoms with E-state index in [2.05, 4.69) is 45.9 Å². The van der Waals surface area contributed by atoms with Crippen molar-refractivity contribution in [3.8, 4) is 0 Å². The molecule has 0 aromatic heterocycles. The number of hydrogen-bond donors (Lipinski definition) is 0. The van der Waals surface area contributed by atoms with Gasteiger partial charge in [0, 0.05) is 0 Å². The van der Waals surface area contributed by atoms with Gasteiger partial charge in [-0.3, -0.25) is 0 Å². The van der Waals surface area contributed by atoms with E-state index in [0.29, 0.717) is 6.42 Å². The monoisotopic (exact) mass is 306 g/mol. The Hall–Kier alpha value is 0.409. The average Bonchev–Trinajstić information content (AvgIpc) is 2.29. The van der Waals surface area contributed by atoms with Crippen molar-refractivity contribution in [2.45, 2.75) is 44.9 Å². The molecular formula is C14H19NaOSe. The fourth-order valence-electron chi connectivity index (χ4n) is 1.77. The zero-order valence-corrected chi connectivity index (χ0v) is 14.4. The molecule has 1 aromatic rings. The summed E-state index contributed by atoms with van der Waals surface area (Å²) in [7, 11) is 0. The maximum absolute atomic E-state index is 10.7. The van der Waals surface area contributed by atoms with Crippen LogP contribution in [0.1, 0.15) is 44.1 Å². The van der Waals surface area contributed by atoms with E-state index >= 15 is 0 Å². The van der Waals surface area contributed by atoms with Crippen molar-refractivity contribution in [2.24, 2.45) is 0 Å². The van der Waals surface area contributed by atoms with E-state index in [1.165, 1.54) is 37.7 Å². The van der Waals surface area contributed by atoms with Gasteiger partial charge in [0.1, 0.15) is 0 Å². The third-order valence-corrected chi connectivity index (χ3v) is 3.12. The second-order valence-electron chi connectivity index (χ2n) is 4.13. The predicted molar refractivity (Wildman–Crippen MR) is 68.6 cm³/mol. The Balaban J connectivity index is 0.00000256. The predicted octanol–water partition coefficient (Wildman–Crippen LogP) is -0.768. The van der Waals surface area contributed by atoms with Crippen LogP contribution in [-0.4, -0.2) is 20.2 Å². The average molecular weight is 305 g/mol. The van der Waals surface area contributed by atoms with Gasteiger partial charge in [-0.05, 0) is 0 Å². The summed E-state index contributed by atoms with van der Waals surface area (Å²) in [6.45, 7) is 0. The van der Waals surface area contributed by atoms with E-state index in [4.69, 9.17) is 0 Å². The Morgan fingerprint density at radius 1 is 0.941 bits per heavy atom. The first-order valence-corrected chi connectivity index (χ1v) is 6.88. The molecule has 0 saturated heterocycles. The SMILES string of the molecule is [Na+].[O-]C(=[Se])CCCCCCCc1ccccc1. The summed E-state index contributed by atoms with van der Waals surface area (Å²) < 4.78 is 0.198. The fourth-order valence-corrected chi connectivity index (χ4v) is 2.08. The Morgan fingerprint density at radius 3 is 2.18 bits per heavy atom. The number of aryl methyl sites for hydroxylation is 1. The number of rotatable bonds is 8. The van der Waals surface area contributed by atoms with Gasteiger partial charge >= 0.3 is 136 Å². The summed E-state index contributed by atoms with van der Waals surface area (Å²) >= 11 is 2.52. The van der Waals surface area contributed by atoms with Crippen LogP contribution in [0.2, 0.25) is 0 Å². The van der Waals surface area contributed by atoms with Crippen molar-refractivity contribution in [1.29, 1.82) is 0 Å². The van der Waals surface area contributed by atoms with Crippen molar-refractivity contribution in [2.75, 3.05) is 0 Å². The van der Waals surface area contributed by atoms with E-state index in [9.17, 15) is 5.11 Å². The minimum absolute atomic E-state index is 0. The molecule has 0 unspecified atom stereocenters. The summed E-state index contributed by atoms with van der Waals surface area (Å²) in [6.07, 6.45) is 7.90. The molecule has 0 amide bonds. The zero-order chi connectivity index (χ0) is 11.6. The Morgan fingerprint density at radius 2 is 1.53 bits per heavy atom. The first kappa shape index (κ1) is 17.4. The Bertz CT molecular complexity index is 300. The van der Waals surface area contributed by atoms with Crippen LogP contribution in [0.15, 0.2) is 30.3 Å². The van der Waals surface area contributed by atoms with Gasteiger partial charge in [-0.2, -0.15) is 0 Å². The molecular weight excluding hydrogens is 286 g/mol. The number of hydrogen-bond acceptors (Lipinski definition) is 1. The van der Waals surface area contributed by atoms with Gasteiger partial charge in [0.2, 0.25) is 0 Å². The van der Waals surface area contributed by atoms with Crippen LogP contribution < -0.4 is 34.7 Å². The molecule has 0 aliphatic rings. The summed E-state index contributed by atoms with van der Waals surface area (Å²) in [5, 5.41) is 10.7. The molecule has 1 nitrogen and oxygen atoms in total. The van der Waals surface area contributed by atoms with Crippen LogP contribution >= 0.6 is 0 Å². The molecule has 0 spiro atoms. The molecule has 17 heavy (non-hydrogen) atoms. The van der Waals surface area contributed by atoms with E-state index < -0.39 is 0 Å². The standard InChI is InChI=1S/C14H20OSe.Na/c15-14(16)12-8-3-1-2-5-9-13-10-6-4-7-11-13;/h4,6-7,10-11H,1-3,5,8-9,12H2,(H,15,16);/q;+1/p-1. The van der Waals surface area contributed by atoms with Gasteiger partial charge in [0.25, 0.3) is 0 Å². The maximum atomic E-state index is 10.7. The molecule has 1 aromatic carbocycles. The number of unbranched alkanes of at least 4 members (excludes halogenated alkanes) is 4. The van der Waals surface area contributed by atoms with Crippen molar-refractivity contribution < 1.29 is 34.7 Å². The summed E-state index contributed by atoms with van der Waals surface area (Å²) in [5.74, 6) is 0. The summed E-state index contributed by atoms with van der Waals surface area (Å²) in [4.78, 5) is 0. The van der Waals surface area contributed by atoms with Gasteiger partial charge in [0.05, 0.1) is 0 Å². The quantitative estimate of drug-likeness (QED) is 0.457. The third-order valence-electron chi connectivity index (χ3n) is 2.69. The second kappa shape index (κ2) is 11.5. The number of benzene rings is 1. The molecule has 1 rings (SSSR count).